The summed E-state index contributed by atoms with van der Waals surface area (Å²) in [5, 5.41) is 6.23. The van der Waals surface area contributed by atoms with E-state index in [0.717, 1.165) is 25.9 Å². The summed E-state index contributed by atoms with van der Waals surface area (Å²) in [6.45, 7) is 5.61. The number of hydrogen-bond donors (Lipinski definition) is 2. The molecule has 0 radical (unpaired) electrons. The smallest absolute Gasteiger partial charge is 0.227 e. The van der Waals surface area contributed by atoms with E-state index in [9.17, 15) is 4.79 Å². The second kappa shape index (κ2) is 6.33. The van der Waals surface area contributed by atoms with Gasteiger partial charge in [0.15, 0.2) is 6.29 Å². The molecule has 5 nitrogen and oxygen atoms in total. The Morgan fingerprint density at radius 1 is 1.41 bits per heavy atom. The lowest BCUT2D eigenvalue weighted by molar-refractivity contribution is -0.143. The van der Waals surface area contributed by atoms with E-state index in [-0.39, 0.29) is 17.4 Å². The van der Waals surface area contributed by atoms with Gasteiger partial charge in [-0.1, -0.05) is 0 Å². The summed E-state index contributed by atoms with van der Waals surface area (Å²) in [6.07, 6.45) is 1.55. The average molecular weight is 244 g/mol. The van der Waals surface area contributed by atoms with Gasteiger partial charge in [-0.3, -0.25) is 4.79 Å². The number of carbonyl (C=O) groups excluding carboxylic acids is 1. The highest BCUT2D eigenvalue weighted by molar-refractivity contribution is 5.82. The predicted octanol–water partition coefficient (Wildman–Crippen LogP) is 0.500. The molecule has 0 aromatic carbocycles. The summed E-state index contributed by atoms with van der Waals surface area (Å²) in [5.41, 5.74) is -0.321. The van der Waals surface area contributed by atoms with Crippen LogP contribution in [0.4, 0.5) is 0 Å². The fraction of sp³-hybridized carbons (Fsp3) is 0.917. The van der Waals surface area contributed by atoms with E-state index < -0.39 is 6.29 Å². The van der Waals surface area contributed by atoms with Gasteiger partial charge in [0.2, 0.25) is 5.91 Å². The minimum atomic E-state index is -0.404. The van der Waals surface area contributed by atoms with Crippen LogP contribution in [0.15, 0.2) is 0 Å². The van der Waals surface area contributed by atoms with Crippen LogP contribution < -0.4 is 10.6 Å². The zero-order valence-electron chi connectivity index (χ0n) is 11.2. The van der Waals surface area contributed by atoms with E-state index in [4.69, 9.17) is 9.47 Å². The number of rotatable bonds is 5. The van der Waals surface area contributed by atoms with Gasteiger partial charge in [0.25, 0.3) is 0 Å². The average Bonchev–Trinajstić information content (AvgIpc) is 2.31. The Morgan fingerprint density at radius 3 is 2.53 bits per heavy atom. The summed E-state index contributed by atoms with van der Waals surface area (Å²) in [7, 11) is 3.14. The standard InChI is InChI=1S/C12H24N2O3/c1-9(10(16-3)17-4)14-11(15)12(2)6-5-7-13-8-12/h9-10,13H,5-8H2,1-4H3,(H,14,15). The topological polar surface area (TPSA) is 59.6 Å². The minimum Gasteiger partial charge on any atom is -0.354 e. The Balaban J connectivity index is 2.52. The zero-order valence-corrected chi connectivity index (χ0v) is 11.2. The summed E-state index contributed by atoms with van der Waals surface area (Å²) in [6, 6.07) is -0.156. The minimum absolute atomic E-state index is 0.0660. The fourth-order valence-corrected chi connectivity index (χ4v) is 2.20. The largest absolute Gasteiger partial charge is 0.354 e. The Hall–Kier alpha value is -0.650. The Kier molecular flexibility index (Phi) is 5.36. The third-order valence-corrected chi connectivity index (χ3v) is 3.38. The number of hydrogen-bond acceptors (Lipinski definition) is 4. The Bertz CT molecular complexity index is 248. The maximum atomic E-state index is 12.2. The van der Waals surface area contributed by atoms with E-state index >= 15 is 0 Å². The van der Waals surface area contributed by atoms with Crippen molar-refractivity contribution in [2.75, 3.05) is 27.3 Å². The first-order chi connectivity index (χ1) is 8.03. The summed E-state index contributed by atoms with van der Waals surface area (Å²) >= 11 is 0. The van der Waals surface area contributed by atoms with Crippen LogP contribution >= 0.6 is 0 Å². The van der Waals surface area contributed by atoms with E-state index in [1.807, 2.05) is 13.8 Å². The molecule has 1 aliphatic rings. The molecule has 2 atom stereocenters. The number of carbonyl (C=O) groups is 1. The molecule has 2 N–H and O–H groups in total. The predicted molar refractivity (Wildman–Crippen MR) is 65.6 cm³/mol. The van der Waals surface area contributed by atoms with Gasteiger partial charge in [0.1, 0.15) is 0 Å². The van der Waals surface area contributed by atoms with Crippen molar-refractivity contribution < 1.29 is 14.3 Å². The van der Waals surface area contributed by atoms with Gasteiger partial charge >= 0.3 is 0 Å². The molecular weight excluding hydrogens is 220 g/mol. The molecule has 5 heteroatoms. The molecule has 1 heterocycles. The maximum absolute atomic E-state index is 12.2. The first-order valence-corrected chi connectivity index (χ1v) is 6.11. The van der Waals surface area contributed by atoms with E-state index in [2.05, 4.69) is 10.6 Å². The van der Waals surface area contributed by atoms with Crippen molar-refractivity contribution in [2.24, 2.45) is 5.41 Å². The molecule has 100 valence electrons. The maximum Gasteiger partial charge on any atom is 0.227 e. The van der Waals surface area contributed by atoms with Gasteiger partial charge < -0.3 is 20.1 Å². The van der Waals surface area contributed by atoms with Gasteiger partial charge in [-0.25, -0.2) is 0 Å². The monoisotopic (exact) mass is 244 g/mol. The molecule has 0 aliphatic carbocycles. The lowest BCUT2D eigenvalue weighted by Crippen LogP contribution is -2.53. The Labute approximate surface area is 103 Å². The van der Waals surface area contributed by atoms with Crippen LogP contribution in [0.2, 0.25) is 0 Å². The highest BCUT2D eigenvalue weighted by atomic mass is 16.7. The molecule has 1 aliphatic heterocycles. The van der Waals surface area contributed by atoms with Crippen molar-refractivity contribution in [2.45, 2.75) is 39.0 Å². The van der Waals surface area contributed by atoms with Gasteiger partial charge in [-0.15, -0.1) is 0 Å². The van der Waals surface area contributed by atoms with E-state index in [0.29, 0.717) is 0 Å². The normalized spacial score (nSPS) is 26.9. The molecule has 0 bridgehead atoms. The third-order valence-electron chi connectivity index (χ3n) is 3.38. The molecule has 0 aromatic rings. The second-order valence-electron chi connectivity index (χ2n) is 4.94. The zero-order chi connectivity index (χ0) is 12.9. The van der Waals surface area contributed by atoms with Crippen LogP contribution in [-0.2, 0) is 14.3 Å². The van der Waals surface area contributed by atoms with Gasteiger partial charge in [0.05, 0.1) is 11.5 Å². The molecule has 2 unspecified atom stereocenters. The van der Waals surface area contributed by atoms with E-state index in [1.165, 1.54) is 0 Å². The van der Waals surface area contributed by atoms with Crippen LogP contribution in [0.3, 0.4) is 0 Å². The molecule has 0 spiro atoms. The van der Waals surface area contributed by atoms with Gasteiger partial charge in [-0.05, 0) is 33.2 Å². The molecule has 1 fully saturated rings. The molecular formula is C12H24N2O3. The van der Waals surface area contributed by atoms with Crippen molar-refractivity contribution in [3.05, 3.63) is 0 Å². The number of nitrogens with one attached hydrogen (secondary N) is 2. The number of piperidine rings is 1. The van der Waals surface area contributed by atoms with Crippen molar-refractivity contribution >= 4 is 5.91 Å². The first-order valence-electron chi connectivity index (χ1n) is 6.11. The molecule has 1 saturated heterocycles. The lowest BCUT2D eigenvalue weighted by atomic mass is 9.82. The molecule has 17 heavy (non-hydrogen) atoms. The summed E-state index contributed by atoms with van der Waals surface area (Å²) in [5.74, 6) is 0.0660. The lowest BCUT2D eigenvalue weighted by Gasteiger charge is -2.34. The van der Waals surface area contributed by atoms with Crippen LogP contribution in [0.25, 0.3) is 0 Å². The van der Waals surface area contributed by atoms with Crippen LogP contribution in [0.1, 0.15) is 26.7 Å². The molecule has 1 rings (SSSR count). The van der Waals surface area contributed by atoms with Crippen molar-refractivity contribution in [3.8, 4) is 0 Å². The van der Waals surface area contributed by atoms with Crippen LogP contribution in [0, 0.1) is 5.41 Å². The highest BCUT2D eigenvalue weighted by Gasteiger charge is 2.36. The third kappa shape index (κ3) is 3.66. The van der Waals surface area contributed by atoms with Gasteiger partial charge in [-0.2, -0.15) is 0 Å². The second-order valence-corrected chi connectivity index (χ2v) is 4.94. The summed E-state index contributed by atoms with van der Waals surface area (Å²) < 4.78 is 10.3. The fourth-order valence-electron chi connectivity index (χ4n) is 2.20. The number of ether oxygens (including phenoxy) is 2. The van der Waals surface area contributed by atoms with E-state index in [1.54, 1.807) is 14.2 Å². The van der Waals surface area contributed by atoms with Crippen molar-refractivity contribution in [1.82, 2.24) is 10.6 Å². The number of amides is 1. The van der Waals surface area contributed by atoms with Gasteiger partial charge in [0, 0.05) is 20.8 Å². The quantitative estimate of drug-likeness (QED) is 0.691. The van der Waals surface area contributed by atoms with Crippen molar-refractivity contribution in [1.29, 1.82) is 0 Å². The molecule has 0 saturated carbocycles. The first kappa shape index (κ1) is 14.4. The molecule has 1 amide bonds. The SMILES string of the molecule is COC(OC)C(C)NC(=O)C1(C)CCCNC1. The van der Waals surface area contributed by atoms with Crippen LogP contribution in [-0.4, -0.2) is 45.5 Å². The van der Waals surface area contributed by atoms with Crippen LogP contribution in [0.5, 0.6) is 0 Å². The molecule has 0 aromatic heterocycles. The summed E-state index contributed by atoms with van der Waals surface area (Å²) in [4.78, 5) is 12.2. The van der Waals surface area contributed by atoms with Crippen molar-refractivity contribution in [3.63, 3.8) is 0 Å². The number of methoxy groups -OCH3 is 2. The Morgan fingerprint density at radius 2 is 2.06 bits per heavy atom. The highest BCUT2D eigenvalue weighted by Crippen LogP contribution is 2.25.